The maximum absolute atomic E-state index is 12.4. The van der Waals surface area contributed by atoms with Crippen LogP contribution in [-0.4, -0.2) is 29.9 Å². The summed E-state index contributed by atoms with van der Waals surface area (Å²) in [6.45, 7) is 1.48. The lowest BCUT2D eigenvalue weighted by molar-refractivity contribution is -0.131. The quantitative estimate of drug-likeness (QED) is 0.776. The van der Waals surface area contributed by atoms with Gasteiger partial charge >= 0.3 is 0 Å². The lowest BCUT2D eigenvalue weighted by Gasteiger charge is -2.23. The average Bonchev–Trinajstić information content (AvgIpc) is 3.25. The van der Waals surface area contributed by atoms with Crippen LogP contribution in [0.1, 0.15) is 42.4 Å². The summed E-state index contributed by atoms with van der Waals surface area (Å²) in [6, 6.07) is 15.7. The number of nitrogens with zero attached hydrogens (tertiary/aromatic N) is 1. The van der Waals surface area contributed by atoms with Gasteiger partial charge in [0.1, 0.15) is 0 Å². The van der Waals surface area contributed by atoms with Crippen LogP contribution in [-0.2, 0) is 17.6 Å². The molecule has 1 atom stereocenters. The molecule has 1 saturated heterocycles. The van der Waals surface area contributed by atoms with Gasteiger partial charge in [0.15, 0.2) is 0 Å². The van der Waals surface area contributed by atoms with Gasteiger partial charge in [-0.05, 0) is 59.9 Å². The molecule has 0 aromatic heterocycles. The third kappa shape index (κ3) is 3.21. The van der Waals surface area contributed by atoms with Crippen LogP contribution >= 0.6 is 0 Å². The number of hydrogen-bond acceptors (Lipinski definition) is 2. The molecule has 3 heteroatoms. The molecule has 1 amide bonds. The van der Waals surface area contributed by atoms with Gasteiger partial charge in [0, 0.05) is 25.6 Å². The van der Waals surface area contributed by atoms with Gasteiger partial charge in [-0.15, -0.1) is 0 Å². The molecule has 1 fully saturated rings. The number of amides is 1. The maximum atomic E-state index is 12.4. The van der Waals surface area contributed by atoms with E-state index in [4.69, 9.17) is 5.73 Å². The average molecular weight is 334 g/mol. The molecule has 25 heavy (non-hydrogen) atoms. The fourth-order valence-corrected chi connectivity index (χ4v) is 4.32. The van der Waals surface area contributed by atoms with E-state index in [0.29, 0.717) is 13.0 Å². The topological polar surface area (TPSA) is 46.3 Å². The van der Waals surface area contributed by atoms with Crippen LogP contribution in [0.25, 0.3) is 11.1 Å². The highest BCUT2D eigenvalue weighted by molar-refractivity contribution is 5.78. The van der Waals surface area contributed by atoms with Gasteiger partial charge in [0.2, 0.25) is 5.91 Å². The molecular formula is C22H26N2O. The van der Waals surface area contributed by atoms with Crippen molar-refractivity contribution in [2.24, 2.45) is 5.73 Å². The summed E-state index contributed by atoms with van der Waals surface area (Å²) in [7, 11) is 0. The van der Waals surface area contributed by atoms with E-state index in [0.717, 1.165) is 38.6 Å². The number of benzene rings is 2. The van der Waals surface area contributed by atoms with E-state index in [1.807, 2.05) is 4.90 Å². The smallest absolute Gasteiger partial charge is 0.222 e. The molecule has 0 bridgehead atoms. The number of rotatable bonds is 5. The van der Waals surface area contributed by atoms with Crippen molar-refractivity contribution in [3.05, 3.63) is 59.2 Å². The molecule has 130 valence electrons. The Labute approximate surface area is 149 Å². The van der Waals surface area contributed by atoms with Crippen molar-refractivity contribution in [2.75, 3.05) is 13.1 Å². The molecule has 1 aliphatic heterocycles. The molecule has 0 saturated carbocycles. The Hall–Kier alpha value is -2.13. The van der Waals surface area contributed by atoms with Gasteiger partial charge in [0.05, 0.1) is 0 Å². The van der Waals surface area contributed by atoms with E-state index >= 15 is 0 Å². The monoisotopic (exact) mass is 334 g/mol. The molecule has 1 heterocycles. The number of carbonyl (C=O) groups excluding carboxylic acids is 1. The van der Waals surface area contributed by atoms with Gasteiger partial charge in [-0.2, -0.15) is 0 Å². The van der Waals surface area contributed by atoms with Crippen molar-refractivity contribution >= 4 is 5.91 Å². The van der Waals surface area contributed by atoms with Gasteiger partial charge in [-0.1, -0.05) is 42.5 Å². The van der Waals surface area contributed by atoms with Crippen molar-refractivity contribution in [2.45, 2.75) is 44.6 Å². The van der Waals surface area contributed by atoms with Crippen molar-refractivity contribution in [1.82, 2.24) is 4.90 Å². The first-order valence-electron chi connectivity index (χ1n) is 9.46. The molecule has 2 N–H and O–H groups in total. The van der Waals surface area contributed by atoms with Crippen LogP contribution in [0, 0.1) is 0 Å². The molecule has 1 aliphatic carbocycles. The van der Waals surface area contributed by atoms with E-state index in [1.54, 1.807) is 0 Å². The molecule has 1 unspecified atom stereocenters. The highest BCUT2D eigenvalue weighted by Gasteiger charge is 2.26. The Bertz CT molecular complexity index is 783. The minimum atomic E-state index is 0.268. The van der Waals surface area contributed by atoms with E-state index in [9.17, 15) is 4.79 Å². The number of likely N-dealkylation sites (tertiary alicyclic amines) is 1. The lowest BCUT2D eigenvalue weighted by atomic mass is 10.00. The fourth-order valence-electron chi connectivity index (χ4n) is 4.32. The summed E-state index contributed by atoms with van der Waals surface area (Å²) in [6.07, 6.45) is 5.70. The zero-order chi connectivity index (χ0) is 17.2. The molecule has 4 rings (SSSR count). The molecule has 2 aliphatic rings. The summed E-state index contributed by atoms with van der Waals surface area (Å²) < 4.78 is 0. The number of carbonyl (C=O) groups is 1. The van der Waals surface area contributed by atoms with Crippen LogP contribution in [0.5, 0.6) is 0 Å². The highest BCUT2D eigenvalue weighted by Crippen LogP contribution is 2.37. The summed E-state index contributed by atoms with van der Waals surface area (Å²) in [4.78, 5) is 14.4. The zero-order valence-corrected chi connectivity index (χ0v) is 14.7. The Kier molecular flexibility index (Phi) is 4.58. The fraction of sp³-hybridized carbons (Fsp3) is 0.409. The SMILES string of the molecule is NCC1CCCN1C(=O)CCCc1ccc2c(c1)-c1ccccc1C2. The number of hydrogen-bond donors (Lipinski definition) is 1. The van der Waals surface area contributed by atoms with Crippen LogP contribution in [0.3, 0.4) is 0 Å². The number of nitrogens with two attached hydrogens (primary N) is 1. The van der Waals surface area contributed by atoms with Gasteiger partial charge < -0.3 is 10.6 Å². The minimum Gasteiger partial charge on any atom is -0.338 e. The van der Waals surface area contributed by atoms with Crippen molar-refractivity contribution in [3.63, 3.8) is 0 Å². The van der Waals surface area contributed by atoms with Crippen LogP contribution in [0.4, 0.5) is 0 Å². The van der Waals surface area contributed by atoms with E-state index in [-0.39, 0.29) is 11.9 Å². The molecular weight excluding hydrogens is 308 g/mol. The van der Waals surface area contributed by atoms with Crippen LogP contribution < -0.4 is 5.73 Å². The van der Waals surface area contributed by atoms with Gasteiger partial charge in [0.25, 0.3) is 0 Å². The number of fused-ring (bicyclic) bond motifs is 3. The minimum absolute atomic E-state index is 0.268. The Morgan fingerprint density at radius 2 is 1.96 bits per heavy atom. The van der Waals surface area contributed by atoms with Crippen LogP contribution in [0.15, 0.2) is 42.5 Å². The predicted molar refractivity (Wildman–Crippen MR) is 101 cm³/mol. The second kappa shape index (κ2) is 7.01. The van der Waals surface area contributed by atoms with Crippen molar-refractivity contribution < 1.29 is 4.79 Å². The predicted octanol–water partition coefficient (Wildman–Crippen LogP) is 3.53. The zero-order valence-electron chi connectivity index (χ0n) is 14.7. The molecule has 2 aromatic carbocycles. The van der Waals surface area contributed by atoms with E-state index in [2.05, 4.69) is 42.5 Å². The first kappa shape index (κ1) is 16.3. The number of aryl methyl sites for hydroxylation is 1. The molecule has 0 spiro atoms. The van der Waals surface area contributed by atoms with Crippen molar-refractivity contribution in [1.29, 1.82) is 0 Å². The second-order valence-electron chi connectivity index (χ2n) is 7.30. The second-order valence-corrected chi connectivity index (χ2v) is 7.30. The van der Waals surface area contributed by atoms with E-state index < -0.39 is 0 Å². The summed E-state index contributed by atoms with van der Waals surface area (Å²) in [5, 5.41) is 0. The standard InChI is InChI=1S/C22H26N2O/c23-15-19-7-4-12-24(19)22(25)9-3-5-16-10-11-18-14-17-6-1-2-8-20(17)21(18)13-16/h1-2,6,8,10-11,13,19H,3-5,7,9,12,14-15,23H2. The van der Waals surface area contributed by atoms with Crippen LogP contribution in [0.2, 0.25) is 0 Å². The third-order valence-electron chi connectivity index (χ3n) is 5.69. The largest absolute Gasteiger partial charge is 0.338 e. The first-order valence-corrected chi connectivity index (χ1v) is 9.46. The Morgan fingerprint density at radius 1 is 1.12 bits per heavy atom. The highest BCUT2D eigenvalue weighted by atomic mass is 16.2. The Morgan fingerprint density at radius 3 is 2.84 bits per heavy atom. The first-order chi connectivity index (χ1) is 12.3. The molecule has 3 nitrogen and oxygen atoms in total. The lowest BCUT2D eigenvalue weighted by Crippen LogP contribution is -2.39. The van der Waals surface area contributed by atoms with Gasteiger partial charge in [-0.25, -0.2) is 0 Å². The molecule has 2 aromatic rings. The molecule has 0 radical (unpaired) electrons. The normalized spacial score (nSPS) is 18.3. The van der Waals surface area contributed by atoms with Gasteiger partial charge in [-0.3, -0.25) is 4.79 Å². The summed E-state index contributed by atoms with van der Waals surface area (Å²) in [5.41, 5.74) is 12.7. The van der Waals surface area contributed by atoms with Crippen molar-refractivity contribution in [3.8, 4) is 11.1 Å². The summed E-state index contributed by atoms with van der Waals surface area (Å²) in [5.74, 6) is 0.277. The third-order valence-corrected chi connectivity index (χ3v) is 5.69. The Balaban J connectivity index is 1.38. The summed E-state index contributed by atoms with van der Waals surface area (Å²) >= 11 is 0. The van der Waals surface area contributed by atoms with E-state index in [1.165, 1.54) is 27.8 Å². The maximum Gasteiger partial charge on any atom is 0.222 e.